The lowest BCUT2D eigenvalue weighted by Gasteiger charge is -2.23. The molecule has 0 aliphatic rings. The van der Waals surface area contributed by atoms with Crippen LogP contribution in [0.3, 0.4) is 0 Å². The first-order chi connectivity index (χ1) is 15.5. The van der Waals surface area contributed by atoms with Crippen molar-refractivity contribution >= 4 is 30.6 Å². The Labute approximate surface area is 197 Å². The average Bonchev–Trinajstić information content (AvgIpc) is 3.11. The van der Waals surface area contributed by atoms with Crippen molar-refractivity contribution in [2.24, 2.45) is 0 Å². The number of benzene rings is 2. The fraction of sp³-hybridized carbons (Fsp3) is 0.304. The topological polar surface area (TPSA) is 111 Å². The van der Waals surface area contributed by atoms with Gasteiger partial charge < -0.3 is 23.9 Å². The molecule has 0 atom stereocenters. The predicted octanol–water partition coefficient (Wildman–Crippen LogP) is 6.03. The van der Waals surface area contributed by atoms with E-state index in [1.165, 1.54) is 17.8 Å². The highest BCUT2D eigenvalue weighted by atomic mass is 32.2. The maximum absolute atomic E-state index is 13.3. The average molecular weight is 491 g/mol. The van der Waals surface area contributed by atoms with Crippen LogP contribution in [0.4, 0.5) is 0 Å². The van der Waals surface area contributed by atoms with Crippen LogP contribution in [0.2, 0.25) is 0 Å². The zero-order chi connectivity index (χ0) is 24.2. The van der Waals surface area contributed by atoms with E-state index in [1.54, 1.807) is 70.3 Å². The summed E-state index contributed by atoms with van der Waals surface area (Å²) in [5.41, 5.74) is 0.999. The van der Waals surface area contributed by atoms with Crippen molar-refractivity contribution < 1.29 is 28.3 Å². The van der Waals surface area contributed by atoms with Crippen molar-refractivity contribution in [3.05, 3.63) is 59.9 Å². The molecule has 0 radical (unpaired) electrons. The molecule has 0 saturated heterocycles. The van der Waals surface area contributed by atoms with Gasteiger partial charge >= 0.3 is 13.6 Å². The SMILES string of the molecule is Cc1cnc(Sc2cc(Oc3ccc(P(=O)(OC(C)C)OC(C)C)cc3)cc(C(=O)O)c2)[nH]1. The zero-order valence-corrected chi connectivity index (χ0v) is 20.8. The molecule has 0 aliphatic carbocycles. The van der Waals surface area contributed by atoms with Crippen LogP contribution < -0.4 is 10.0 Å². The van der Waals surface area contributed by atoms with E-state index in [4.69, 9.17) is 13.8 Å². The van der Waals surface area contributed by atoms with Crippen molar-refractivity contribution in [1.82, 2.24) is 9.97 Å². The van der Waals surface area contributed by atoms with Gasteiger partial charge in [-0.1, -0.05) is 11.8 Å². The van der Waals surface area contributed by atoms with Crippen LogP contribution in [-0.4, -0.2) is 33.3 Å². The second kappa shape index (κ2) is 10.6. The molecule has 0 spiro atoms. The number of carboxylic acid groups (broad SMARTS) is 1. The monoisotopic (exact) mass is 490 g/mol. The van der Waals surface area contributed by atoms with Crippen LogP contribution >= 0.6 is 19.4 Å². The smallest absolute Gasteiger partial charge is 0.361 e. The molecule has 0 amide bonds. The molecule has 0 bridgehead atoms. The molecule has 3 rings (SSSR count). The standard InChI is InChI=1S/C23H27N2O6PS/c1-14(2)30-32(28,31-15(3)4)20-8-6-18(7-9-20)29-19-10-17(22(26)27)11-21(12-19)33-23-24-13-16(5)25-23/h6-15H,1-5H3,(H,24,25)(H,26,27). The summed E-state index contributed by atoms with van der Waals surface area (Å²) in [4.78, 5) is 19.6. The summed E-state index contributed by atoms with van der Waals surface area (Å²) in [5.74, 6) is -0.258. The molecule has 1 aromatic heterocycles. The number of imidazole rings is 1. The summed E-state index contributed by atoms with van der Waals surface area (Å²) < 4.78 is 30.4. The van der Waals surface area contributed by atoms with Gasteiger partial charge in [-0.25, -0.2) is 9.78 Å². The van der Waals surface area contributed by atoms with Crippen LogP contribution in [0.1, 0.15) is 43.7 Å². The lowest BCUT2D eigenvalue weighted by atomic mass is 10.2. The molecule has 33 heavy (non-hydrogen) atoms. The third kappa shape index (κ3) is 6.95. The normalized spacial score (nSPS) is 11.8. The molecule has 8 nitrogen and oxygen atoms in total. The predicted molar refractivity (Wildman–Crippen MR) is 127 cm³/mol. The van der Waals surface area contributed by atoms with Crippen LogP contribution in [0.25, 0.3) is 0 Å². The Balaban J connectivity index is 1.85. The van der Waals surface area contributed by atoms with Crippen LogP contribution in [0.15, 0.2) is 58.7 Å². The number of aromatic nitrogens is 2. The first-order valence-electron chi connectivity index (χ1n) is 10.4. The molecule has 1 heterocycles. The highest BCUT2D eigenvalue weighted by Crippen LogP contribution is 2.49. The van der Waals surface area contributed by atoms with Gasteiger partial charge in [-0.2, -0.15) is 0 Å². The quantitative estimate of drug-likeness (QED) is 0.332. The Morgan fingerprint density at radius 2 is 1.67 bits per heavy atom. The maximum Gasteiger partial charge on any atom is 0.361 e. The fourth-order valence-electron chi connectivity index (χ4n) is 2.90. The largest absolute Gasteiger partial charge is 0.478 e. The highest BCUT2D eigenvalue weighted by Gasteiger charge is 2.30. The molecule has 0 saturated carbocycles. The number of aryl methyl sites for hydroxylation is 1. The number of nitrogens with one attached hydrogen (secondary N) is 1. The maximum atomic E-state index is 13.3. The zero-order valence-electron chi connectivity index (χ0n) is 19.1. The number of carboxylic acids is 1. The molecule has 0 aliphatic heterocycles. The van der Waals surface area contributed by atoms with Gasteiger partial charge in [0, 0.05) is 16.8 Å². The minimum atomic E-state index is -3.50. The molecule has 2 N–H and O–H groups in total. The molecule has 10 heteroatoms. The van der Waals surface area contributed by atoms with Gasteiger partial charge in [0.1, 0.15) is 11.5 Å². The van der Waals surface area contributed by atoms with Crippen molar-refractivity contribution in [3.63, 3.8) is 0 Å². The summed E-state index contributed by atoms with van der Waals surface area (Å²) >= 11 is 1.30. The van der Waals surface area contributed by atoms with E-state index in [-0.39, 0.29) is 17.8 Å². The second-order valence-corrected chi connectivity index (χ2v) is 10.9. The summed E-state index contributed by atoms with van der Waals surface area (Å²) in [6, 6.07) is 11.3. The number of nitrogens with zero attached hydrogens (tertiary/aromatic N) is 1. The number of aromatic carboxylic acids is 1. The number of ether oxygens (including phenoxy) is 1. The number of rotatable bonds is 10. The number of carbonyl (C=O) groups is 1. The van der Waals surface area contributed by atoms with E-state index >= 15 is 0 Å². The van der Waals surface area contributed by atoms with Crippen molar-refractivity contribution in [1.29, 1.82) is 0 Å². The van der Waals surface area contributed by atoms with Crippen molar-refractivity contribution in [3.8, 4) is 11.5 Å². The second-order valence-electron chi connectivity index (χ2n) is 7.87. The Bertz CT molecular complexity index is 1150. The van der Waals surface area contributed by atoms with Gasteiger partial charge in [0.2, 0.25) is 0 Å². The summed E-state index contributed by atoms with van der Waals surface area (Å²) in [6.45, 7) is 9.07. The van der Waals surface area contributed by atoms with Gasteiger partial charge in [0.15, 0.2) is 5.16 Å². The lowest BCUT2D eigenvalue weighted by Crippen LogP contribution is -2.16. The van der Waals surface area contributed by atoms with Gasteiger partial charge in [-0.3, -0.25) is 4.57 Å². The van der Waals surface area contributed by atoms with Gasteiger partial charge in [-0.15, -0.1) is 0 Å². The Morgan fingerprint density at radius 1 is 1.03 bits per heavy atom. The van der Waals surface area contributed by atoms with Crippen molar-refractivity contribution in [2.75, 3.05) is 0 Å². The van der Waals surface area contributed by atoms with Crippen LogP contribution in [-0.2, 0) is 13.6 Å². The number of H-pyrrole nitrogens is 1. The van der Waals surface area contributed by atoms with E-state index < -0.39 is 13.6 Å². The minimum absolute atomic E-state index is 0.0927. The Hall–Kier alpha value is -2.58. The summed E-state index contributed by atoms with van der Waals surface area (Å²) in [5, 5.41) is 10.6. The number of hydrogen-bond acceptors (Lipinski definition) is 7. The molecule has 176 valence electrons. The van der Waals surface area contributed by atoms with Gasteiger partial charge in [0.25, 0.3) is 0 Å². The van der Waals surface area contributed by atoms with E-state index in [1.807, 2.05) is 6.92 Å². The molecule has 3 aromatic rings. The Kier molecular flexibility index (Phi) is 8.02. The molecule has 0 unspecified atom stereocenters. The lowest BCUT2D eigenvalue weighted by molar-refractivity contribution is 0.0696. The summed E-state index contributed by atoms with van der Waals surface area (Å²) in [6.07, 6.45) is 1.14. The number of hydrogen-bond donors (Lipinski definition) is 2. The van der Waals surface area contributed by atoms with Crippen molar-refractivity contribution in [2.45, 2.75) is 56.9 Å². The number of aromatic amines is 1. The summed E-state index contributed by atoms with van der Waals surface area (Å²) in [7, 11) is -3.50. The first kappa shape index (κ1) is 25.1. The van der Waals surface area contributed by atoms with E-state index in [0.29, 0.717) is 26.9 Å². The third-order valence-corrected chi connectivity index (χ3v) is 7.31. The van der Waals surface area contributed by atoms with Gasteiger partial charge in [0.05, 0.1) is 23.1 Å². The molecule has 2 aromatic carbocycles. The third-order valence-electron chi connectivity index (χ3n) is 4.11. The van der Waals surface area contributed by atoms with Crippen LogP contribution in [0.5, 0.6) is 11.5 Å². The van der Waals surface area contributed by atoms with E-state index in [2.05, 4.69) is 9.97 Å². The van der Waals surface area contributed by atoms with Gasteiger partial charge in [-0.05, 0) is 77.1 Å². The highest BCUT2D eigenvalue weighted by molar-refractivity contribution is 7.99. The molecule has 0 fully saturated rings. The van der Waals surface area contributed by atoms with Crippen LogP contribution in [0, 0.1) is 6.92 Å². The first-order valence-corrected chi connectivity index (χ1v) is 12.7. The minimum Gasteiger partial charge on any atom is -0.478 e. The van der Waals surface area contributed by atoms with E-state index in [0.717, 1.165) is 5.69 Å². The Morgan fingerprint density at radius 3 is 2.18 bits per heavy atom. The van der Waals surface area contributed by atoms with E-state index in [9.17, 15) is 14.5 Å². The molecular formula is C23H27N2O6PS. The molecular weight excluding hydrogens is 463 g/mol. The fourth-order valence-corrected chi connectivity index (χ4v) is 5.72.